The zero-order valence-electron chi connectivity index (χ0n) is 12.2. The highest BCUT2D eigenvalue weighted by atomic mass is 35.5. The number of thioether (sulfide) groups is 1. The van der Waals surface area contributed by atoms with Crippen molar-refractivity contribution in [2.24, 2.45) is 4.99 Å². The number of hydrogen-bond donors (Lipinski definition) is 0. The third kappa shape index (κ3) is 3.93. The fraction of sp³-hybridized carbons (Fsp3) is 0.188. The van der Waals surface area contributed by atoms with Crippen LogP contribution in [0.2, 0.25) is 5.02 Å². The molecule has 5 heteroatoms. The highest BCUT2D eigenvalue weighted by Crippen LogP contribution is 2.28. The Labute approximate surface area is 134 Å². The van der Waals surface area contributed by atoms with Gasteiger partial charge in [-0.15, -0.1) is 0 Å². The Bertz CT molecular complexity index is 695. The number of aliphatic imine (C=N–C) groups is 1. The van der Waals surface area contributed by atoms with Crippen LogP contribution in [0.1, 0.15) is 25.1 Å². The molecule has 0 amide bonds. The van der Waals surface area contributed by atoms with E-state index in [0.29, 0.717) is 5.02 Å². The summed E-state index contributed by atoms with van der Waals surface area (Å²) < 4.78 is 0. The van der Waals surface area contributed by atoms with E-state index >= 15 is 0 Å². The number of benzene rings is 1. The molecular formula is C16H16ClN3S. The lowest BCUT2D eigenvalue weighted by Gasteiger charge is -2.09. The molecule has 3 nitrogen and oxygen atoms in total. The fourth-order valence-electron chi connectivity index (χ4n) is 1.92. The number of aromatic nitrogens is 2. The predicted molar refractivity (Wildman–Crippen MR) is 91.9 cm³/mol. The summed E-state index contributed by atoms with van der Waals surface area (Å²) in [5, 5.41) is 1.44. The van der Waals surface area contributed by atoms with Gasteiger partial charge in [0.1, 0.15) is 0 Å². The lowest BCUT2D eigenvalue weighted by atomic mass is 10.1. The van der Waals surface area contributed by atoms with Gasteiger partial charge in [-0.2, -0.15) is 0 Å². The Kier molecular flexibility index (Phi) is 5.53. The molecule has 0 saturated heterocycles. The largest absolute Gasteiger partial charge is 0.261 e. The Morgan fingerprint density at radius 2 is 2.14 bits per heavy atom. The summed E-state index contributed by atoms with van der Waals surface area (Å²) in [6.07, 6.45) is 5.50. The van der Waals surface area contributed by atoms with Gasteiger partial charge in [-0.1, -0.05) is 35.5 Å². The Morgan fingerprint density at radius 1 is 1.33 bits per heavy atom. The number of rotatable bonds is 4. The zero-order valence-corrected chi connectivity index (χ0v) is 13.7. The van der Waals surface area contributed by atoms with Gasteiger partial charge in [-0.25, -0.2) is 9.97 Å². The van der Waals surface area contributed by atoms with Gasteiger partial charge in [0.25, 0.3) is 0 Å². The van der Waals surface area contributed by atoms with E-state index in [1.807, 2.05) is 50.4 Å². The number of nitrogens with zero attached hydrogens (tertiary/aromatic N) is 3. The van der Waals surface area contributed by atoms with Crippen LogP contribution in [0, 0.1) is 0 Å². The minimum atomic E-state index is 0.691. The van der Waals surface area contributed by atoms with Crippen LogP contribution in [0.15, 0.2) is 46.7 Å². The summed E-state index contributed by atoms with van der Waals surface area (Å²) in [5.74, 6) is 0. The van der Waals surface area contributed by atoms with Crippen LogP contribution in [0.4, 0.5) is 0 Å². The Balaban J connectivity index is 2.57. The molecule has 2 rings (SSSR count). The summed E-state index contributed by atoms with van der Waals surface area (Å²) in [6, 6.07) is 9.57. The number of allylic oxidation sites excluding steroid dienone is 1. The van der Waals surface area contributed by atoms with Crippen molar-refractivity contribution in [1.29, 1.82) is 0 Å². The number of hydrogen-bond acceptors (Lipinski definition) is 4. The van der Waals surface area contributed by atoms with Crippen molar-refractivity contribution in [2.75, 3.05) is 6.26 Å². The molecule has 0 spiro atoms. The van der Waals surface area contributed by atoms with E-state index in [-0.39, 0.29) is 0 Å². The third-order valence-electron chi connectivity index (χ3n) is 2.91. The molecule has 0 aliphatic rings. The second kappa shape index (κ2) is 7.38. The van der Waals surface area contributed by atoms with Crippen molar-refractivity contribution < 1.29 is 0 Å². The molecule has 0 atom stereocenters. The molecule has 1 aromatic carbocycles. The van der Waals surface area contributed by atoms with Crippen LogP contribution in [0.25, 0.3) is 11.3 Å². The van der Waals surface area contributed by atoms with E-state index in [9.17, 15) is 0 Å². The molecule has 21 heavy (non-hydrogen) atoms. The van der Waals surface area contributed by atoms with Crippen LogP contribution in [0.5, 0.6) is 0 Å². The molecule has 0 N–H and O–H groups in total. The van der Waals surface area contributed by atoms with E-state index in [0.717, 1.165) is 27.7 Å². The zero-order chi connectivity index (χ0) is 15.2. The molecule has 0 aliphatic carbocycles. The van der Waals surface area contributed by atoms with E-state index in [2.05, 4.69) is 15.0 Å². The quantitative estimate of drug-likeness (QED) is 0.460. The van der Waals surface area contributed by atoms with Crippen LogP contribution < -0.4 is 0 Å². The molecule has 0 unspecified atom stereocenters. The van der Waals surface area contributed by atoms with E-state index < -0.39 is 0 Å². The Morgan fingerprint density at radius 3 is 2.81 bits per heavy atom. The first-order valence-corrected chi connectivity index (χ1v) is 8.09. The Hall–Kier alpha value is -1.65. The number of halogens is 1. The predicted octanol–water partition coefficient (Wildman–Crippen LogP) is 4.83. The first kappa shape index (κ1) is 15.7. The summed E-state index contributed by atoms with van der Waals surface area (Å²) in [6.45, 7) is 3.90. The topological polar surface area (TPSA) is 38.1 Å². The summed E-state index contributed by atoms with van der Waals surface area (Å²) in [7, 11) is 0. The fourth-order valence-corrected chi connectivity index (χ4v) is 2.47. The summed E-state index contributed by atoms with van der Waals surface area (Å²) in [5.41, 5.74) is 3.70. The van der Waals surface area contributed by atoms with Crippen LogP contribution in [0.3, 0.4) is 0 Å². The van der Waals surface area contributed by atoms with Gasteiger partial charge in [0, 0.05) is 28.6 Å². The van der Waals surface area contributed by atoms with E-state index in [1.54, 1.807) is 12.4 Å². The molecule has 0 aliphatic heterocycles. The van der Waals surface area contributed by atoms with Crippen molar-refractivity contribution in [3.8, 4) is 0 Å². The third-order valence-corrected chi connectivity index (χ3v) is 3.71. The van der Waals surface area contributed by atoms with Crippen LogP contribution in [-0.2, 0) is 0 Å². The normalized spacial score (nSPS) is 12.6. The van der Waals surface area contributed by atoms with Gasteiger partial charge < -0.3 is 0 Å². The summed E-state index contributed by atoms with van der Waals surface area (Å²) in [4.78, 5) is 13.2. The lowest BCUT2D eigenvalue weighted by Crippen LogP contribution is -1.94. The molecule has 1 aromatic heterocycles. The standard InChI is InChI=1S/C16H16ClN3S/c1-4-18-15(12-6-5-7-13(17)10-12)11(2)14-8-9-19-16(20-14)21-3/h4-10H,1-3H3/b15-11+,18-4?. The maximum atomic E-state index is 6.08. The van der Waals surface area contributed by atoms with Gasteiger partial charge in [0.05, 0.1) is 11.4 Å². The minimum Gasteiger partial charge on any atom is -0.261 e. The molecule has 108 valence electrons. The summed E-state index contributed by atoms with van der Waals surface area (Å²) >= 11 is 7.60. The average molecular weight is 318 g/mol. The maximum absolute atomic E-state index is 6.08. The van der Waals surface area contributed by atoms with Gasteiger partial charge in [-0.05, 0) is 38.3 Å². The van der Waals surface area contributed by atoms with Crippen molar-refractivity contribution in [3.63, 3.8) is 0 Å². The van der Waals surface area contributed by atoms with Crippen LogP contribution >= 0.6 is 23.4 Å². The van der Waals surface area contributed by atoms with Crippen molar-refractivity contribution in [1.82, 2.24) is 9.97 Å². The smallest absolute Gasteiger partial charge is 0.187 e. The van der Waals surface area contributed by atoms with Crippen molar-refractivity contribution in [3.05, 3.63) is 52.8 Å². The van der Waals surface area contributed by atoms with E-state index in [4.69, 9.17) is 11.6 Å². The average Bonchev–Trinajstić information content (AvgIpc) is 2.52. The molecule has 1 heterocycles. The highest BCUT2D eigenvalue weighted by molar-refractivity contribution is 7.98. The van der Waals surface area contributed by atoms with Crippen molar-refractivity contribution >= 4 is 40.8 Å². The first-order valence-electron chi connectivity index (χ1n) is 6.48. The van der Waals surface area contributed by atoms with Gasteiger partial charge in [-0.3, -0.25) is 4.99 Å². The van der Waals surface area contributed by atoms with Crippen molar-refractivity contribution in [2.45, 2.75) is 19.0 Å². The van der Waals surface area contributed by atoms with Gasteiger partial charge in [0.15, 0.2) is 5.16 Å². The van der Waals surface area contributed by atoms with E-state index in [1.165, 1.54) is 11.8 Å². The molecule has 0 saturated carbocycles. The highest BCUT2D eigenvalue weighted by Gasteiger charge is 2.09. The van der Waals surface area contributed by atoms with Crippen LogP contribution in [-0.4, -0.2) is 22.4 Å². The second-order valence-corrected chi connectivity index (χ2v) is 5.51. The SMILES string of the molecule is CC=N/C(=C(\C)c1ccnc(SC)n1)c1cccc(Cl)c1. The molecular weight excluding hydrogens is 302 g/mol. The monoisotopic (exact) mass is 317 g/mol. The minimum absolute atomic E-state index is 0.691. The molecule has 2 aromatic rings. The molecule has 0 bridgehead atoms. The molecule has 0 radical (unpaired) electrons. The molecule has 0 fully saturated rings. The van der Waals surface area contributed by atoms with Gasteiger partial charge >= 0.3 is 0 Å². The second-order valence-electron chi connectivity index (χ2n) is 4.30. The maximum Gasteiger partial charge on any atom is 0.187 e. The lowest BCUT2D eigenvalue weighted by molar-refractivity contribution is 0.955. The first-order chi connectivity index (χ1) is 10.2. The van der Waals surface area contributed by atoms with Gasteiger partial charge in [0.2, 0.25) is 0 Å².